The van der Waals surface area contributed by atoms with Crippen LogP contribution in [0.4, 0.5) is 24.9 Å². The fourth-order valence-electron chi connectivity index (χ4n) is 3.71. The Morgan fingerprint density at radius 3 is 2.64 bits per heavy atom. The standard InChI is InChI=1S/C18H24F3N5O2/c1-17(4-5-17)25-15-13(18(19,20)21)9-22-16(24-15)23-11-8-14(27)26(10-11)12-2-6-28-7-3-12/h9,11-12H,2-8,10H2,1H3,(H2,22,23,24,25). The first-order valence-corrected chi connectivity index (χ1v) is 9.60. The first-order chi connectivity index (χ1) is 13.2. The number of nitrogens with zero attached hydrogens (tertiary/aromatic N) is 3. The molecule has 0 spiro atoms. The predicted molar refractivity (Wildman–Crippen MR) is 95.9 cm³/mol. The van der Waals surface area contributed by atoms with Crippen molar-refractivity contribution in [1.82, 2.24) is 14.9 Å². The highest BCUT2D eigenvalue weighted by Gasteiger charge is 2.42. The van der Waals surface area contributed by atoms with Crippen LogP contribution in [0.2, 0.25) is 0 Å². The number of halogens is 3. The van der Waals surface area contributed by atoms with E-state index in [1.54, 1.807) is 0 Å². The maximum Gasteiger partial charge on any atom is 0.421 e. The molecule has 3 heterocycles. The lowest BCUT2D eigenvalue weighted by Gasteiger charge is -2.31. The van der Waals surface area contributed by atoms with Gasteiger partial charge >= 0.3 is 6.18 Å². The van der Waals surface area contributed by atoms with Gasteiger partial charge < -0.3 is 20.3 Å². The van der Waals surface area contributed by atoms with E-state index in [1.807, 2.05) is 11.8 Å². The minimum Gasteiger partial charge on any atom is -0.381 e. The number of hydrogen-bond acceptors (Lipinski definition) is 6. The van der Waals surface area contributed by atoms with Crippen LogP contribution >= 0.6 is 0 Å². The van der Waals surface area contributed by atoms with Crippen LogP contribution in [0, 0.1) is 0 Å². The molecule has 1 aromatic heterocycles. The quantitative estimate of drug-likeness (QED) is 0.793. The lowest BCUT2D eigenvalue weighted by molar-refractivity contribution is -0.137. The lowest BCUT2D eigenvalue weighted by atomic mass is 10.1. The van der Waals surface area contributed by atoms with Gasteiger partial charge in [-0.1, -0.05) is 0 Å². The highest BCUT2D eigenvalue weighted by atomic mass is 19.4. The van der Waals surface area contributed by atoms with E-state index >= 15 is 0 Å². The van der Waals surface area contributed by atoms with Crippen LogP contribution in [-0.2, 0) is 15.7 Å². The van der Waals surface area contributed by atoms with Crippen LogP contribution in [0.1, 0.15) is 44.6 Å². The van der Waals surface area contributed by atoms with E-state index in [0.717, 1.165) is 31.9 Å². The molecule has 1 atom stereocenters. The summed E-state index contributed by atoms with van der Waals surface area (Å²) in [6, 6.07) is -0.0648. The monoisotopic (exact) mass is 399 g/mol. The normalized spacial score (nSPS) is 25.1. The van der Waals surface area contributed by atoms with Crippen LogP contribution in [0.15, 0.2) is 6.20 Å². The second-order valence-corrected chi connectivity index (χ2v) is 8.07. The number of aromatic nitrogens is 2. The van der Waals surface area contributed by atoms with Gasteiger partial charge in [0.25, 0.3) is 0 Å². The molecular weight excluding hydrogens is 375 g/mol. The SMILES string of the molecule is CC1(Nc2nc(NC3CC(=O)N(C4CCOCC4)C3)ncc2C(F)(F)F)CC1. The minimum absolute atomic E-state index is 0.0418. The average Bonchev–Trinajstić information content (AvgIpc) is 3.24. The Balaban J connectivity index is 1.47. The summed E-state index contributed by atoms with van der Waals surface area (Å²) in [7, 11) is 0. The van der Waals surface area contributed by atoms with Gasteiger partial charge in [-0.05, 0) is 32.6 Å². The summed E-state index contributed by atoms with van der Waals surface area (Å²) in [5, 5.41) is 5.94. The van der Waals surface area contributed by atoms with E-state index in [1.165, 1.54) is 0 Å². The van der Waals surface area contributed by atoms with E-state index in [0.29, 0.717) is 19.8 Å². The van der Waals surface area contributed by atoms with Crippen LogP contribution < -0.4 is 10.6 Å². The van der Waals surface area contributed by atoms with Gasteiger partial charge in [0.1, 0.15) is 11.4 Å². The third kappa shape index (κ3) is 4.16. The first-order valence-electron chi connectivity index (χ1n) is 9.60. The third-order valence-electron chi connectivity index (χ3n) is 5.64. The van der Waals surface area contributed by atoms with Crippen molar-refractivity contribution in [3.8, 4) is 0 Å². The van der Waals surface area contributed by atoms with E-state index in [-0.39, 0.29) is 41.7 Å². The van der Waals surface area contributed by atoms with E-state index < -0.39 is 11.7 Å². The smallest absolute Gasteiger partial charge is 0.381 e. The summed E-state index contributed by atoms with van der Waals surface area (Å²) in [6.07, 6.45) is -0.236. The number of ether oxygens (including phenoxy) is 1. The molecule has 1 saturated carbocycles. The Hall–Kier alpha value is -2.10. The second kappa shape index (κ2) is 7.06. The van der Waals surface area contributed by atoms with Crippen molar-refractivity contribution in [2.45, 2.75) is 62.8 Å². The third-order valence-corrected chi connectivity index (χ3v) is 5.64. The number of rotatable bonds is 5. The summed E-state index contributed by atoms with van der Waals surface area (Å²) in [4.78, 5) is 22.1. The molecule has 0 bridgehead atoms. The molecule has 1 aliphatic carbocycles. The molecule has 7 nitrogen and oxygen atoms in total. The van der Waals surface area contributed by atoms with E-state index in [2.05, 4.69) is 20.6 Å². The highest BCUT2D eigenvalue weighted by Crippen LogP contribution is 2.41. The predicted octanol–water partition coefficient (Wildman–Crippen LogP) is 2.65. The molecule has 10 heteroatoms. The number of hydrogen-bond donors (Lipinski definition) is 2. The largest absolute Gasteiger partial charge is 0.421 e. The molecule has 28 heavy (non-hydrogen) atoms. The molecule has 1 aromatic rings. The number of carbonyl (C=O) groups is 1. The van der Waals surface area contributed by atoms with Gasteiger partial charge in [-0.3, -0.25) is 4.79 Å². The number of carbonyl (C=O) groups excluding carboxylic acids is 1. The maximum atomic E-state index is 13.3. The van der Waals surface area contributed by atoms with Crippen LogP contribution in [0.25, 0.3) is 0 Å². The van der Waals surface area contributed by atoms with Gasteiger partial charge in [-0.25, -0.2) is 4.98 Å². The minimum atomic E-state index is -4.53. The first kappa shape index (κ1) is 19.2. The van der Waals surface area contributed by atoms with Crippen LogP contribution in [-0.4, -0.2) is 58.2 Å². The molecule has 4 rings (SSSR count). The zero-order valence-corrected chi connectivity index (χ0v) is 15.7. The summed E-state index contributed by atoms with van der Waals surface area (Å²) in [6.45, 7) is 3.64. The van der Waals surface area contributed by atoms with Gasteiger partial charge in [0.05, 0.1) is 6.04 Å². The van der Waals surface area contributed by atoms with Gasteiger partial charge in [-0.15, -0.1) is 0 Å². The van der Waals surface area contributed by atoms with Gasteiger partial charge in [-0.2, -0.15) is 18.2 Å². The summed E-state index contributed by atoms with van der Waals surface area (Å²) < 4.78 is 45.2. The number of nitrogens with one attached hydrogen (secondary N) is 2. The van der Waals surface area contributed by atoms with E-state index in [9.17, 15) is 18.0 Å². The molecule has 2 N–H and O–H groups in total. The molecule has 0 aromatic carbocycles. The topological polar surface area (TPSA) is 79.4 Å². The molecular formula is C18H24F3N5O2. The van der Waals surface area contributed by atoms with Crippen molar-refractivity contribution in [2.24, 2.45) is 0 Å². The number of likely N-dealkylation sites (tertiary alicyclic amines) is 1. The fourth-order valence-corrected chi connectivity index (χ4v) is 3.71. The van der Waals surface area contributed by atoms with Gasteiger partial charge in [0, 0.05) is 44.0 Å². The van der Waals surface area contributed by atoms with Crippen molar-refractivity contribution >= 4 is 17.7 Å². The Labute approximate surface area is 161 Å². The van der Waals surface area contributed by atoms with Gasteiger partial charge in [0.2, 0.25) is 11.9 Å². The average molecular weight is 399 g/mol. The maximum absolute atomic E-state index is 13.3. The van der Waals surface area contributed by atoms with Crippen LogP contribution in [0.3, 0.4) is 0 Å². The lowest BCUT2D eigenvalue weighted by Crippen LogP contribution is -2.41. The van der Waals surface area contributed by atoms with E-state index in [4.69, 9.17) is 4.74 Å². The number of anilines is 2. The molecule has 1 unspecified atom stereocenters. The molecule has 154 valence electrons. The summed E-state index contributed by atoms with van der Waals surface area (Å²) >= 11 is 0. The molecule has 0 radical (unpaired) electrons. The van der Waals surface area contributed by atoms with Crippen molar-refractivity contribution in [1.29, 1.82) is 0 Å². The number of alkyl halides is 3. The molecule has 2 saturated heterocycles. The van der Waals surface area contributed by atoms with Crippen molar-refractivity contribution < 1.29 is 22.7 Å². The summed E-state index contributed by atoms with van der Waals surface area (Å²) in [5.41, 5.74) is -1.23. The Kier molecular flexibility index (Phi) is 4.84. The Morgan fingerprint density at radius 2 is 2.00 bits per heavy atom. The van der Waals surface area contributed by atoms with Gasteiger partial charge in [0.15, 0.2) is 0 Å². The Bertz CT molecular complexity index is 747. The molecule has 2 aliphatic heterocycles. The zero-order valence-electron chi connectivity index (χ0n) is 15.7. The highest BCUT2D eigenvalue weighted by molar-refractivity contribution is 5.80. The molecule has 3 fully saturated rings. The van der Waals surface area contributed by atoms with Crippen molar-refractivity contribution in [3.63, 3.8) is 0 Å². The Morgan fingerprint density at radius 1 is 1.29 bits per heavy atom. The van der Waals surface area contributed by atoms with Crippen molar-refractivity contribution in [3.05, 3.63) is 11.8 Å². The zero-order chi connectivity index (χ0) is 19.9. The second-order valence-electron chi connectivity index (χ2n) is 8.07. The fraction of sp³-hybridized carbons (Fsp3) is 0.722. The molecule has 1 amide bonds. The number of amides is 1. The molecule has 3 aliphatic rings. The van der Waals surface area contributed by atoms with Crippen molar-refractivity contribution in [2.75, 3.05) is 30.4 Å². The van der Waals surface area contributed by atoms with Crippen LogP contribution in [0.5, 0.6) is 0 Å². The summed E-state index contributed by atoms with van der Waals surface area (Å²) in [5.74, 6) is -0.0675.